The lowest BCUT2D eigenvalue weighted by Crippen LogP contribution is -2.40. The molecule has 16 heteroatoms. The van der Waals surface area contributed by atoms with Crippen LogP contribution in [0.4, 0.5) is 5.95 Å². The van der Waals surface area contributed by atoms with Gasteiger partial charge in [0.15, 0.2) is 17.4 Å². The molecule has 2 amide bonds. The fourth-order valence-corrected chi connectivity index (χ4v) is 3.90. The molecule has 0 spiro atoms. The topological polar surface area (TPSA) is 241 Å². The highest BCUT2D eigenvalue weighted by Crippen LogP contribution is 2.30. The highest BCUT2D eigenvalue weighted by molar-refractivity contribution is 5.84. The molecule has 0 aromatic carbocycles. The number of aliphatic hydroxyl groups excluding tert-OH is 3. The number of anilines is 1. The summed E-state index contributed by atoms with van der Waals surface area (Å²) in [5.41, 5.74) is -0.641. The largest absolute Gasteiger partial charge is 0.480 e. The van der Waals surface area contributed by atoms with Gasteiger partial charge in [0.05, 0.1) is 12.9 Å². The van der Waals surface area contributed by atoms with Crippen molar-refractivity contribution < 1.29 is 39.5 Å². The van der Waals surface area contributed by atoms with Crippen LogP contribution in [0.2, 0.25) is 0 Å². The van der Waals surface area contributed by atoms with Gasteiger partial charge in [0, 0.05) is 13.5 Å². The second-order valence-corrected chi connectivity index (χ2v) is 8.71. The molecule has 2 aromatic heterocycles. The van der Waals surface area contributed by atoms with E-state index in [1.807, 2.05) is 0 Å². The second kappa shape index (κ2) is 12.1. The van der Waals surface area contributed by atoms with E-state index in [0.29, 0.717) is 12.8 Å². The van der Waals surface area contributed by atoms with Gasteiger partial charge in [0.1, 0.15) is 30.4 Å². The summed E-state index contributed by atoms with van der Waals surface area (Å²) in [6.45, 7) is 2.52. The predicted octanol–water partition coefficient (Wildman–Crippen LogP) is -2.59. The maximum absolute atomic E-state index is 12.5. The third kappa shape index (κ3) is 6.59. The number of carbonyl (C=O) groups is 3. The van der Waals surface area contributed by atoms with Gasteiger partial charge in [-0.05, 0) is 26.2 Å². The molecule has 3 rings (SSSR count). The van der Waals surface area contributed by atoms with E-state index in [9.17, 15) is 34.5 Å². The highest BCUT2D eigenvalue weighted by Gasteiger charge is 2.44. The van der Waals surface area contributed by atoms with E-state index in [2.05, 4.69) is 30.9 Å². The highest BCUT2D eigenvalue weighted by atomic mass is 16.6. The molecule has 16 nitrogen and oxygen atoms in total. The van der Waals surface area contributed by atoms with Gasteiger partial charge < -0.3 is 41.1 Å². The average molecular weight is 526 g/mol. The SMILES string of the molecule is CC(=O)N[C@@H](CCCCNC(=O)C(C)Nc1nc2c(ncn2[C@@H]2O[C@H](CO)[C@@H](O)[C@H]2O)c(=O)[nH]1)C(=O)O. The zero-order valence-corrected chi connectivity index (χ0v) is 20.2. The maximum atomic E-state index is 12.5. The molecule has 204 valence electrons. The number of amides is 2. The Kier molecular flexibility index (Phi) is 9.14. The first-order chi connectivity index (χ1) is 17.5. The maximum Gasteiger partial charge on any atom is 0.326 e. The van der Waals surface area contributed by atoms with Crippen LogP contribution in [-0.4, -0.2) is 101 Å². The number of carboxylic acid groups (broad SMARTS) is 1. The summed E-state index contributed by atoms with van der Waals surface area (Å²) in [6, 6.07) is -1.81. The molecular weight excluding hydrogens is 494 g/mol. The quantitative estimate of drug-likeness (QED) is 0.133. The van der Waals surface area contributed by atoms with Crippen molar-refractivity contribution in [1.82, 2.24) is 30.2 Å². The molecule has 37 heavy (non-hydrogen) atoms. The van der Waals surface area contributed by atoms with Crippen molar-refractivity contribution in [2.24, 2.45) is 0 Å². The molecule has 0 saturated carbocycles. The predicted molar refractivity (Wildman–Crippen MR) is 126 cm³/mol. The molecule has 8 N–H and O–H groups in total. The number of aliphatic carboxylic acids is 1. The van der Waals surface area contributed by atoms with Crippen LogP contribution >= 0.6 is 0 Å². The number of H-pyrrole nitrogens is 1. The normalized spacial score (nSPS) is 22.9. The second-order valence-electron chi connectivity index (χ2n) is 8.71. The first-order valence-corrected chi connectivity index (χ1v) is 11.7. The first-order valence-electron chi connectivity index (χ1n) is 11.7. The van der Waals surface area contributed by atoms with Gasteiger partial charge in [-0.25, -0.2) is 9.78 Å². The fraction of sp³-hybridized carbons (Fsp3) is 0.619. The van der Waals surface area contributed by atoms with E-state index in [4.69, 9.17) is 9.84 Å². The number of rotatable bonds is 12. The molecule has 0 radical (unpaired) electrons. The van der Waals surface area contributed by atoms with Crippen LogP contribution < -0.4 is 21.5 Å². The number of nitrogens with one attached hydrogen (secondary N) is 4. The van der Waals surface area contributed by atoms with Gasteiger partial charge >= 0.3 is 5.97 Å². The van der Waals surface area contributed by atoms with E-state index in [-0.39, 0.29) is 30.1 Å². The summed E-state index contributed by atoms with van der Waals surface area (Å²) in [5, 5.41) is 46.6. The molecule has 6 atom stereocenters. The van der Waals surface area contributed by atoms with Gasteiger partial charge in [0.25, 0.3) is 5.56 Å². The van der Waals surface area contributed by atoms with Crippen molar-refractivity contribution >= 4 is 34.9 Å². The monoisotopic (exact) mass is 525 g/mol. The number of fused-ring (bicyclic) bond motifs is 1. The number of aromatic nitrogens is 4. The van der Waals surface area contributed by atoms with Crippen LogP contribution in [0, 0.1) is 0 Å². The van der Waals surface area contributed by atoms with Crippen molar-refractivity contribution in [2.45, 2.75) is 69.7 Å². The lowest BCUT2D eigenvalue weighted by Gasteiger charge is -2.17. The van der Waals surface area contributed by atoms with Gasteiger partial charge in [-0.1, -0.05) is 0 Å². The molecule has 1 unspecified atom stereocenters. The molecule has 3 heterocycles. The van der Waals surface area contributed by atoms with Crippen LogP contribution in [-0.2, 0) is 19.1 Å². The number of carbonyl (C=O) groups excluding carboxylic acids is 2. The molecule has 1 fully saturated rings. The molecule has 1 aliphatic heterocycles. The van der Waals surface area contributed by atoms with E-state index in [1.54, 1.807) is 6.92 Å². The number of carboxylic acids is 1. The number of aromatic amines is 1. The summed E-state index contributed by atoms with van der Waals surface area (Å²) in [7, 11) is 0. The Balaban J connectivity index is 1.58. The van der Waals surface area contributed by atoms with Crippen molar-refractivity contribution in [3.05, 3.63) is 16.7 Å². The molecule has 1 aliphatic rings. The summed E-state index contributed by atoms with van der Waals surface area (Å²) in [6.07, 6.45) is -2.56. The Morgan fingerprint density at radius 2 is 1.97 bits per heavy atom. The fourth-order valence-electron chi connectivity index (χ4n) is 3.90. The zero-order valence-electron chi connectivity index (χ0n) is 20.2. The van der Waals surface area contributed by atoms with E-state index in [1.165, 1.54) is 17.8 Å². The Morgan fingerprint density at radius 1 is 1.24 bits per heavy atom. The minimum absolute atomic E-state index is 0.0286. The number of ether oxygens (including phenoxy) is 1. The average Bonchev–Trinajstić information content (AvgIpc) is 3.38. The third-order valence-electron chi connectivity index (χ3n) is 5.86. The van der Waals surface area contributed by atoms with Crippen LogP contribution in [0.1, 0.15) is 39.3 Å². The summed E-state index contributed by atoms with van der Waals surface area (Å²) in [4.78, 5) is 57.9. The van der Waals surface area contributed by atoms with Crippen molar-refractivity contribution in [1.29, 1.82) is 0 Å². The van der Waals surface area contributed by atoms with Crippen molar-refractivity contribution in [3.8, 4) is 0 Å². The van der Waals surface area contributed by atoms with Crippen LogP contribution in [0.3, 0.4) is 0 Å². The van der Waals surface area contributed by atoms with Crippen molar-refractivity contribution in [2.75, 3.05) is 18.5 Å². The number of hydrogen-bond acceptors (Lipinski definition) is 11. The number of aliphatic hydroxyl groups is 3. The molecule has 1 saturated heterocycles. The number of nitrogens with zero attached hydrogens (tertiary/aromatic N) is 3. The lowest BCUT2D eigenvalue weighted by molar-refractivity contribution is -0.141. The molecular formula is C21H31N7O9. The third-order valence-corrected chi connectivity index (χ3v) is 5.86. The van der Waals surface area contributed by atoms with Gasteiger partial charge in [-0.15, -0.1) is 0 Å². The molecule has 0 aliphatic carbocycles. The molecule has 2 aromatic rings. The van der Waals surface area contributed by atoms with Gasteiger partial charge in [-0.3, -0.25) is 23.9 Å². The Hall–Kier alpha value is -3.60. The summed E-state index contributed by atoms with van der Waals surface area (Å²) < 4.78 is 6.74. The van der Waals surface area contributed by atoms with E-state index < -0.39 is 66.6 Å². The Labute approximate surface area is 210 Å². The van der Waals surface area contributed by atoms with Crippen molar-refractivity contribution in [3.63, 3.8) is 0 Å². The van der Waals surface area contributed by atoms with E-state index in [0.717, 1.165) is 0 Å². The van der Waals surface area contributed by atoms with Gasteiger partial charge in [-0.2, -0.15) is 4.98 Å². The molecule has 0 bridgehead atoms. The lowest BCUT2D eigenvalue weighted by atomic mass is 10.1. The number of unbranched alkanes of at least 4 members (excludes halogenated alkanes) is 1. The zero-order chi connectivity index (χ0) is 27.3. The summed E-state index contributed by atoms with van der Waals surface area (Å²) in [5.74, 6) is -2.02. The summed E-state index contributed by atoms with van der Waals surface area (Å²) >= 11 is 0. The standard InChI is InChI=1S/C21H31N7O9/c1-9(17(33)22-6-4-3-5-11(20(35)36)25-10(2)30)24-21-26-16-13(18(34)27-21)23-8-28(16)19-15(32)14(31)12(7-29)37-19/h8-9,11-12,14-15,19,29,31-32H,3-7H2,1-2H3,(H,22,33)(H,25,30)(H,35,36)(H2,24,26,27,34)/t9?,11-,12+,14+,15+,19+/m0/s1. The van der Waals surface area contributed by atoms with Crippen LogP contribution in [0.15, 0.2) is 11.1 Å². The number of hydrogen-bond donors (Lipinski definition) is 8. The smallest absolute Gasteiger partial charge is 0.326 e. The van der Waals surface area contributed by atoms with E-state index >= 15 is 0 Å². The Morgan fingerprint density at radius 3 is 2.59 bits per heavy atom. The van der Waals surface area contributed by atoms with Crippen LogP contribution in [0.25, 0.3) is 11.2 Å². The van der Waals surface area contributed by atoms with Gasteiger partial charge in [0.2, 0.25) is 17.8 Å². The minimum atomic E-state index is -1.40. The van der Waals surface area contributed by atoms with Crippen LogP contribution in [0.5, 0.6) is 0 Å². The Bertz CT molecular complexity index is 1180. The first kappa shape index (κ1) is 28.0. The minimum Gasteiger partial charge on any atom is -0.480 e. The number of imidazole rings is 1.